The Morgan fingerprint density at radius 3 is 1.96 bits per heavy atom. The molecule has 0 aromatic carbocycles. The van der Waals surface area contributed by atoms with E-state index >= 15 is 0 Å². The first-order valence-corrected chi connectivity index (χ1v) is 8.58. The van der Waals surface area contributed by atoms with Crippen LogP contribution in [0.25, 0.3) is 0 Å². The van der Waals surface area contributed by atoms with E-state index in [4.69, 9.17) is 21.7 Å². The molecular formula is C17H34N2O4. The number of aliphatic carboxylic acids is 2. The molecule has 0 aliphatic heterocycles. The molecule has 0 saturated heterocycles. The predicted molar refractivity (Wildman–Crippen MR) is 91.1 cm³/mol. The second kappa shape index (κ2) is 11.4. The van der Waals surface area contributed by atoms with Gasteiger partial charge in [-0.05, 0) is 49.6 Å². The zero-order valence-corrected chi connectivity index (χ0v) is 14.6. The van der Waals surface area contributed by atoms with Crippen LogP contribution in [-0.4, -0.2) is 35.2 Å². The Kier molecular flexibility index (Phi) is 10.8. The minimum absolute atomic E-state index is 0.0793. The van der Waals surface area contributed by atoms with Crippen molar-refractivity contribution in [3.8, 4) is 0 Å². The quantitative estimate of drug-likeness (QED) is 0.541. The third-order valence-electron chi connectivity index (χ3n) is 4.47. The number of nitrogens with two attached hydrogens (primary N) is 2. The lowest BCUT2D eigenvalue weighted by Crippen LogP contribution is -2.34. The van der Waals surface area contributed by atoms with E-state index in [-0.39, 0.29) is 24.2 Å². The van der Waals surface area contributed by atoms with E-state index in [1.165, 1.54) is 6.42 Å². The fourth-order valence-electron chi connectivity index (χ4n) is 3.25. The molecule has 1 fully saturated rings. The van der Waals surface area contributed by atoms with Gasteiger partial charge in [-0.3, -0.25) is 9.59 Å². The highest BCUT2D eigenvalue weighted by Crippen LogP contribution is 2.38. The van der Waals surface area contributed by atoms with Crippen molar-refractivity contribution in [2.75, 3.05) is 13.1 Å². The molecule has 0 aromatic rings. The molecule has 1 rings (SSSR count). The molecular weight excluding hydrogens is 296 g/mol. The summed E-state index contributed by atoms with van der Waals surface area (Å²) in [5, 5.41) is 17.2. The summed E-state index contributed by atoms with van der Waals surface area (Å²) in [6.07, 6.45) is 6.88. The van der Waals surface area contributed by atoms with Gasteiger partial charge in [0.1, 0.15) is 0 Å². The average molecular weight is 330 g/mol. The minimum atomic E-state index is -0.749. The van der Waals surface area contributed by atoms with Crippen molar-refractivity contribution in [1.82, 2.24) is 0 Å². The largest absolute Gasteiger partial charge is 0.481 e. The number of carboxylic acids is 2. The zero-order valence-electron chi connectivity index (χ0n) is 14.6. The van der Waals surface area contributed by atoms with Gasteiger partial charge in [-0.1, -0.05) is 33.1 Å². The molecule has 0 spiro atoms. The molecule has 1 aliphatic carbocycles. The van der Waals surface area contributed by atoms with E-state index in [9.17, 15) is 9.59 Å². The third-order valence-corrected chi connectivity index (χ3v) is 4.47. The molecule has 23 heavy (non-hydrogen) atoms. The van der Waals surface area contributed by atoms with Crippen LogP contribution in [0.5, 0.6) is 0 Å². The Bertz CT molecular complexity index is 353. The summed E-state index contributed by atoms with van der Waals surface area (Å²) in [5.74, 6) is -0.779. The lowest BCUT2D eigenvalue weighted by molar-refractivity contribution is -0.140. The Morgan fingerprint density at radius 1 is 1.04 bits per heavy atom. The van der Waals surface area contributed by atoms with Gasteiger partial charge in [-0.25, -0.2) is 0 Å². The number of hydrogen-bond acceptors (Lipinski definition) is 4. The van der Waals surface area contributed by atoms with Gasteiger partial charge in [-0.2, -0.15) is 0 Å². The van der Waals surface area contributed by atoms with Crippen molar-refractivity contribution >= 4 is 11.9 Å². The Balaban J connectivity index is 0.000000423. The zero-order chi connectivity index (χ0) is 17.9. The van der Waals surface area contributed by atoms with Gasteiger partial charge in [0.05, 0.1) is 6.42 Å². The van der Waals surface area contributed by atoms with Crippen LogP contribution in [0.1, 0.15) is 65.2 Å². The highest BCUT2D eigenvalue weighted by atomic mass is 16.4. The SMILES string of the molecule is CC(C)C[C@H](CN)CC(=O)O.NCC1(CC(=O)O)CCCCC1. The first kappa shape index (κ1) is 21.9. The van der Waals surface area contributed by atoms with Crippen LogP contribution in [-0.2, 0) is 9.59 Å². The van der Waals surface area contributed by atoms with Gasteiger partial charge in [0, 0.05) is 6.42 Å². The minimum Gasteiger partial charge on any atom is -0.481 e. The van der Waals surface area contributed by atoms with Crippen molar-refractivity contribution in [3.05, 3.63) is 0 Å². The van der Waals surface area contributed by atoms with Gasteiger partial charge in [0.2, 0.25) is 0 Å². The summed E-state index contributed by atoms with van der Waals surface area (Å²) in [6, 6.07) is 0. The number of carbonyl (C=O) groups is 2. The highest BCUT2D eigenvalue weighted by Gasteiger charge is 2.32. The summed E-state index contributed by atoms with van der Waals surface area (Å²) in [7, 11) is 0. The summed E-state index contributed by atoms with van der Waals surface area (Å²) < 4.78 is 0. The Labute approximate surface area is 139 Å². The fraction of sp³-hybridized carbons (Fsp3) is 0.882. The molecule has 136 valence electrons. The maximum atomic E-state index is 10.6. The predicted octanol–water partition coefficient (Wildman–Crippen LogP) is 2.45. The molecule has 0 aromatic heterocycles. The van der Waals surface area contributed by atoms with Crippen LogP contribution < -0.4 is 11.5 Å². The highest BCUT2D eigenvalue weighted by molar-refractivity contribution is 5.67. The van der Waals surface area contributed by atoms with Gasteiger partial charge >= 0.3 is 11.9 Å². The lowest BCUT2D eigenvalue weighted by Gasteiger charge is -2.34. The molecule has 6 heteroatoms. The smallest absolute Gasteiger partial charge is 0.303 e. The van der Waals surface area contributed by atoms with Gasteiger partial charge in [0.25, 0.3) is 0 Å². The average Bonchev–Trinajstić information content (AvgIpc) is 2.46. The van der Waals surface area contributed by atoms with Crippen molar-refractivity contribution in [1.29, 1.82) is 0 Å². The van der Waals surface area contributed by atoms with Crippen LogP contribution >= 0.6 is 0 Å². The van der Waals surface area contributed by atoms with Crippen LogP contribution in [0, 0.1) is 17.3 Å². The second-order valence-electron chi connectivity index (χ2n) is 7.16. The number of hydrogen-bond donors (Lipinski definition) is 4. The molecule has 6 N–H and O–H groups in total. The van der Waals surface area contributed by atoms with Crippen LogP contribution in [0.2, 0.25) is 0 Å². The fourth-order valence-corrected chi connectivity index (χ4v) is 3.25. The Hall–Kier alpha value is -1.14. The first-order chi connectivity index (χ1) is 10.7. The monoisotopic (exact) mass is 330 g/mol. The number of rotatable bonds is 8. The van der Waals surface area contributed by atoms with E-state index in [1.807, 2.05) is 0 Å². The molecule has 1 atom stereocenters. The summed E-state index contributed by atoms with van der Waals surface area (Å²) in [6.45, 7) is 5.15. The van der Waals surface area contributed by atoms with Crippen molar-refractivity contribution < 1.29 is 19.8 Å². The van der Waals surface area contributed by atoms with Crippen LogP contribution in [0.3, 0.4) is 0 Å². The summed E-state index contributed by atoms with van der Waals surface area (Å²) >= 11 is 0. The lowest BCUT2D eigenvalue weighted by atomic mass is 9.72. The molecule has 0 heterocycles. The molecule has 0 unspecified atom stereocenters. The molecule has 1 aliphatic rings. The molecule has 6 nitrogen and oxygen atoms in total. The normalized spacial score (nSPS) is 18.0. The van der Waals surface area contributed by atoms with E-state index in [0.29, 0.717) is 19.0 Å². The van der Waals surface area contributed by atoms with Crippen molar-refractivity contribution in [3.63, 3.8) is 0 Å². The molecule has 0 radical (unpaired) electrons. The summed E-state index contributed by atoms with van der Waals surface area (Å²) in [4.78, 5) is 20.9. The standard InChI is InChI=1S/C9H17NO2.C8H17NO2/c10-7-9(6-8(11)12)4-2-1-3-5-9;1-6(2)3-7(5-9)4-8(10)11/h1-7,10H2,(H,11,12);6-7H,3-5,9H2,1-2H3,(H,10,11)/t;7-/m.0/s1. The second-order valence-corrected chi connectivity index (χ2v) is 7.16. The van der Waals surface area contributed by atoms with Crippen molar-refractivity contribution in [2.45, 2.75) is 65.2 Å². The maximum absolute atomic E-state index is 10.6. The number of carboxylic acid groups (broad SMARTS) is 2. The van der Waals surface area contributed by atoms with Crippen LogP contribution in [0.4, 0.5) is 0 Å². The van der Waals surface area contributed by atoms with Gasteiger partial charge in [0.15, 0.2) is 0 Å². The van der Waals surface area contributed by atoms with Crippen LogP contribution in [0.15, 0.2) is 0 Å². The molecule has 1 saturated carbocycles. The molecule has 0 bridgehead atoms. The molecule has 0 amide bonds. The van der Waals surface area contributed by atoms with E-state index in [0.717, 1.165) is 32.1 Å². The Morgan fingerprint density at radius 2 is 1.61 bits per heavy atom. The van der Waals surface area contributed by atoms with E-state index < -0.39 is 11.9 Å². The topological polar surface area (TPSA) is 127 Å². The van der Waals surface area contributed by atoms with Gasteiger partial charge < -0.3 is 21.7 Å². The van der Waals surface area contributed by atoms with E-state index in [2.05, 4.69) is 13.8 Å². The van der Waals surface area contributed by atoms with E-state index in [1.54, 1.807) is 0 Å². The maximum Gasteiger partial charge on any atom is 0.303 e. The first-order valence-electron chi connectivity index (χ1n) is 8.58. The third kappa shape index (κ3) is 10.3. The van der Waals surface area contributed by atoms with Crippen molar-refractivity contribution in [2.24, 2.45) is 28.7 Å². The summed E-state index contributed by atoms with van der Waals surface area (Å²) in [5.41, 5.74) is 10.9. The van der Waals surface area contributed by atoms with Gasteiger partial charge in [-0.15, -0.1) is 0 Å².